The maximum atomic E-state index is 12.2. The second kappa shape index (κ2) is 8.65. The maximum absolute atomic E-state index is 12.2. The molecule has 5 heteroatoms. The summed E-state index contributed by atoms with van der Waals surface area (Å²) in [4.78, 5) is 14.0. The van der Waals surface area contributed by atoms with Gasteiger partial charge in [0.1, 0.15) is 0 Å². The molecule has 0 heterocycles. The van der Waals surface area contributed by atoms with Crippen molar-refractivity contribution < 1.29 is 4.79 Å². The van der Waals surface area contributed by atoms with E-state index < -0.39 is 5.54 Å². The number of likely N-dealkylation sites (N-methyl/N-ethyl adjacent to an activating group) is 1. The van der Waals surface area contributed by atoms with Crippen LogP contribution >= 0.6 is 28.3 Å². The van der Waals surface area contributed by atoms with E-state index in [1.54, 1.807) is 4.90 Å². The molecular formula is C15H24BrClN2O. The van der Waals surface area contributed by atoms with E-state index in [1.807, 2.05) is 33.0 Å². The fraction of sp³-hybridized carbons (Fsp3) is 0.533. The molecule has 114 valence electrons. The Kier molecular flexibility index (Phi) is 8.40. The molecule has 20 heavy (non-hydrogen) atoms. The minimum atomic E-state index is -0.747. The first-order valence-electron chi connectivity index (χ1n) is 6.65. The van der Waals surface area contributed by atoms with Crippen LogP contribution in [0.15, 0.2) is 28.7 Å². The Morgan fingerprint density at radius 3 is 2.40 bits per heavy atom. The molecule has 0 saturated heterocycles. The highest BCUT2D eigenvalue weighted by Gasteiger charge is 2.29. The number of halogens is 2. The molecule has 1 rings (SSSR count). The maximum Gasteiger partial charge on any atom is 0.242 e. The number of nitrogens with two attached hydrogens (primary N) is 1. The third-order valence-corrected chi connectivity index (χ3v) is 3.78. The molecule has 0 aliphatic heterocycles. The van der Waals surface area contributed by atoms with Crippen LogP contribution in [0.2, 0.25) is 0 Å². The second-order valence-electron chi connectivity index (χ2n) is 5.27. The lowest BCUT2D eigenvalue weighted by molar-refractivity contribution is -0.135. The van der Waals surface area contributed by atoms with Crippen molar-refractivity contribution in [3.8, 4) is 0 Å². The van der Waals surface area contributed by atoms with Crippen LogP contribution in [0.4, 0.5) is 0 Å². The van der Waals surface area contributed by atoms with Crippen LogP contribution in [0.5, 0.6) is 0 Å². The van der Waals surface area contributed by atoms with Crippen molar-refractivity contribution in [2.45, 2.75) is 38.6 Å². The summed E-state index contributed by atoms with van der Waals surface area (Å²) in [6.45, 7) is 4.55. The van der Waals surface area contributed by atoms with Gasteiger partial charge in [-0.15, -0.1) is 12.4 Å². The van der Waals surface area contributed by atoms with Crippen molar-refractivity contribution in [2.75, 3.05) is 13.6 Å². The minimum Gasteiger partial charge on any atom is -0.344 e. The normalized spacial score (nSPS) is 13.2. The third-order valence-electron chi connectivity index (χ3n) is 3.25. The Hall–Kier alpha value is -0.580. The topological polar surface area (TPSA) is 46.3 Å². The van der Waals surface area contributed by atoms with Gasteiger partial charge in [-0.1, -0.05) is 41.4 Å². The van der Waals surface area contributed by atoms with E-state index in [-0.39, 0.29) is 18.3 Å². The molecule has 1 unspecified atom stereocenters. The predicted molar refractivity (Wildman–Crippen MR) is 90.2 cm³/mol. The fourth-order valence-corrected chi connectivity index (χ4v) is 2.38. The average molecular weight is 364 g/mol. The Morgan fingerprint density at radius 1 is 1.35 bits per heavy atom. The molecule has 0 bridgehead atoms. The van der Waals surface area contributed by atoms with Gasteiger partial charge in [0.05, 0.1) is 5.54 Å². The molecule has 1 amide bonds. The Bertz CT molecular complexity index is 420. The van der Waals surface area contributed by atoms with Crippen molar-refractivity contribution in [1.82, 2.24) is 4.90 Å². The largest absolute Gasteiger partial charge is 0.344 e. The quantitative estimate of drug-likeness (QED) is 0.842. The zero-order valence-electron chi connectivity index (χ0n) is 12.4. The Balaban J connectivity index is 0.00000361. The van der Waals surface area contributed by atoms with E-state index in [0.717, 1.165) is 17.3 Å². The molecule has 0 spiro atoms. The Labute approximate surface area is 136 Å². The van der Waals surface area contributed by atoms with E-state index in [4.69, 9.17) is 5.73 Å². The van der Waals surface area contributed by atoms with Crippen molar-refractivity contribution in [1.29, 1.82) is 0 Å². The third kappa shape index (κ3) is 5.81. The zero-order valence-corrected chi connectivity index (χ0v) is 14.8. The fourth-order valence-electron chi connectivity index (χ4n) is 2.11. The lowest BCUT2D eigenvalue weighted by Gasteiger charge is -2.29. The lowest BCUT2D eigenvalue weighted by atomic mass is 9.96. The van der Waals surface area contributed by atoms with Gasteiger partial charge in [-0.25, -0.2) is 0 Å². The molecular weight excluding hydrogens is 340 g/mol. The number of carbonyl (C=O) groups excluding carboxylic acids is 1. The van der Waals surface area contributed by atoms with Crippen LogP contribution in [-0.4, -0.2) is 29.9 Å². The molecule has 0 aliphatic rings. The van der Waals surface area contributed by atoms with Gasteiger partial charge in [-0.3, -0.25) is 4.79 Å². The number of hydrogen-bond donors (Lipinski definition) is 1. The highest BCUT2D eigenvalue weighted by molar-refractivity contribution is 9.10. The summed E-state index contributed by atoms with van der Waals surface area (Å²) in [6, 6.07) is 8.16. The highest BCUT2D eigenvalue weighted by atomic mass is 79.9. The molecule has 0 fully saturated rings. The molecule has 0 radical (unpaired) electrons. The summed E-state index contributed by atoms with van der Waals surface area (Å²) in [7, 11) is 1.82. The first kappa shape index (κ1) is 19.4. The number of nitrogens with zero attached hydrogens (tertiary/aromatic N) is 1. The molecule has 3 nitrogen and oxygen atoms in total. The van der Waals surface area contributed by atoms with Gasteiger partial charge < -0.3 is 10.6 Å². The van der Waals surface area contributed by atoms with Crippen molar-refractivity contribution in [2.24, 2.45) is 5.73 Å². The first-order valence-corrected chi connectivity index (χ1v) is 7.45. The van der Waals surface area contributed by atoms with Gasteiger partial charge in [-0.2, -0.15) is 0 Å². The highest BCUT2D eigenvalue weighted by Crippen LogP contribution is 2.14. The van der Waals surface area contributed by atoms with Crippen LogP contribution in [0.1, 0.15) is 32.3 Å². The lowest BCUT2D eigenvalue weighted by Crippen LogP contribution is -2.52. The first-order chi connectivity index (χ1) is 8.86. The van der Waals surface area contributed by atoms with Gasteiger partial charge in [-0.05, 0) is 37.5 Å². The second-order valence-corrected chi connectivity index (χ2v) is 6.19. The molecule has 1 atom stereocenters. The molecule has 0 saturated carbocycles. The summed E-state index contributed by atoms with van der Waals surface area (Å²) in [6.07, 6.45) is 2.48. The van der Waals surface area contributed by atoms with Crippen LogP contribution in [0, 0.1) is 0 Å². The molecule has 2 N–H and O–H groups in total. The number of carbonyl (C=O) groups is 1. The summed E-state index contributed by atoms with van der Waals surface area (Å²) < 4.78 is 1.07. The van der Waals surface area contributed by atoms with E-state index in [0.29, 0.717) is 13.0 Å². The monoisotopic (exact) mass is 362 g/mol. The van der Waals surface area contributed by atoms with Gasteiger partial charge in [0, 0.05) is 18.1 Å². The number of rotatable bonds is 6. The van der Waals surface area contributed by atoms with Crippen LogP contribution in [-0.2, 0) is 11.2 Å². The Morgan fingerprint density at radius 2 is 1.90 bits per heavy atom. The van der Waals surface area contributed by atoms with E-state index >= 15 is 0 Å². The smallest absolute Gasteiger partial charge is 0.242 e. The van der Waals surface area contributed by atoms with Crippen molar-refractivity contribution in [3.05, 3.63) is 34.3 Å². The van der Waals surface area contributed by atoms with E-state index in [9.17, 15) is 4.79 Å². The predicted octanol–water partition coefficient (Wildman–Crippen LogP) is 3.39. The van der Waals surface area contributed by atoms with Gasteiger partial charge in [0.2, 0.25) is 5.91 Å². The van der Waals surface area contributed by atoms with Gasteiger partial charge in [0.15, 0.2) is 0 Å². The van der Waals surface area contributed by atoms with Crippen molar-refractivity contribution >= 4 is 34.2 Å². The number of benzene rings is 1. The molecule has 0 aromatic heterocycles. The minimum absolute atomic E-state index is 0. The molecule has 1 aromatic rings. The zero-order chi connectivity index (χ0) is 14.5. The summed E-state index contributed by atoms with van der Waals surface area (Å²) in [5, 5.41) is 0. The van der Waals surface area contributed by atoms with Crippen LogP contribution < -0.4 is 5.73 Å². The molecule has 1 aromatic carbocycles. The van der Waals surface area contributed by atoms with Gasteiger partial charge >= 0.3 is 0 Å². The molecule has 0 aliphatic carbocycles. The summed E-state index contributed by atoms with van der Waals surface area (Å²) in [5.74, 6) is 0.0199. The van der Waals surface area contributed by atoms with Crippen LogP contribution in [0.25, 0.3) is 0 Å². The number of hydrogen-bond acceptors (Lipinski definition) is 2. The average Bonchev–Trinajstić information content (AvgIpc) is 2.36. The van der Waals surface area contributed by atoms with Gasteiger partial charge in [0.25, 0.3) is 0 Å². The SMILES string of the molecule is CCCC(C)(N)C(=O)N(C)CCc1ccc(Br)cc1.Cl. The van der Waals surface area contributed by atoms with E-state index in [1.165, 1.54) is 5.56 Å². The standard InChI is InChI=1S/C15H23BrN2O.ClH/c1-4-10-15(2,17)14(19)18(3)11-9-12-5-7-13(16)8-6-12;/h5-8H,4,9-11,17H2,1-3H3;1H. The van der Waals surface area contributed by atoms with Crippen molar-refractivity contribution in [3.63, 3.8) is 0 Å². The van der Waals surface area contributed by atoms with Crippen LogP contribution in [0.3, 0.4) is 0 Å². The summed E-state index contributed by atoms with van der Waals surface area (Å²) >= 11 is 3.41. The number of amides is 1. The summed E-state index contributed by atoms with van der Waals surface area (Å²) in [5.41, 5.74) is 6.54. The van der Waals surface area contributed by atoms with E-state index in [2.05, 4.69) is 28.1 Å².